The fourth-order valence-corrected chi connectivity index (χ4v) is 4.32. The third-order valence-electron chi connectivity index (χ3n) is 5.32. The predicted molar refractivity (Wildman–Crippen MR) is 132 cm³/mol. The molecule has 0 bridgehead atoms. The van der Waals surface area contributed by atoms with Crippen molar-refractivity contribution in [1.29, 1.82) is 0 Å². The zero-order chi connectivity index (χ0) is 24.2. The van der Waals surface area contributed by atoms with Gasteiger partial charge in [-0.1, -0.05) is 43.8 Å². The Balaban J connectivity index is 1.47. The maximum absolute atomic E-state index is 13.0. The van der Waals surface area contributed by atoms with Crippen molar-refractivity contribution in [3.05, 3.63) is 80.6 Å². The molecule has 0 N–H and O–H groups in total. The van der Waals surface area contributed by atoms with Crippen molar-refractivity contribution in [3.8, 4) is 0 Å². The highest BCUT2D eigenvalue weighted by Crippen LogP contribution is 2.19. The van der Waals surface area contributed by atoms with Crippen LogP contribution >= 0.6 is 11.8 Å². The quantitative estimate of drug-likeness (QED) is 0.217. The lowest BCUT2D eigenvalue weighted by Gasteiger charge is -2.14. The summed E-state index contributed by atoms with van der Waals surface area (Å²) in [5.74, 6) is -0.0737. The van der Waals surface area contributed by atoms with E-state index in [9.17, 15) is 14.4 Å². The van der Waals surface area contributed by atoms with E-state index in [1.165, 1.54) is 22.2 Å². The lowest BCUT2D eigenvalue weighted by atomic mass is 10.1. The molecule has 9 heteroatoms. The first-order chi connectivity index (χ1) is 16.3. The zero-order valence-corrected chi connectivity index (χ0v) is 20.2. The van der Waals surface area contributed by atoms with E-state index in [-0.39, 0.29) is 23.5 Å². The molecule has 176 valence electrons. The Morgan fingerprint density at radius 1 is 1.12 bits per heavy atom. The molecule has 0 fully saturated rings. The van der Waals surface area contributed by atoms with Crippen LogP contribution in [0, 0.1) is 12.8 Å². The van der Waals surface area contributed by atoms with E-state index in [0.29, 0.717) is 39.9 Å². The van der Waals surface area contributed by atoms with Crippen molar-refractivity contribution < 1.29 is 9.53 Å². The Labute approximate surface area is 200 Å². The number of nitrogens with zero attached hydrogens (tertiary/aromatic N) is 4. The lowest BCUT2D eigenvalue weighted by Crippen LogP contribution is -2.24. The Morgan fingerprint density at radius 3 is 2.71 bits per heavy atom. The summed E-state index contributed by atoms with van der Waals surface area (Å²) in [6.45, 7) is 6.50. The highest BCUT2D eigenvalue weighted by Gasteiger charge is 2.15. The second kappa shape index (κ2) is 10.2. The molecular formula is C25H26N4O4S. The van der Waals surface area contributed by atoms with Crippen molar-refractivity contribution in [2.24, 2.45) is 5.92 Å². The Morgan fingerprint density at radius 2 is 1.91 bits per heavy atom. The molecule has 0 amide bonds. The van der Waals surface area contributed by atoms with Gasteiger partial charge in [0.15, 0.2) is 5.16 Å². The van der Waals surface area contributed by atoms with Crippen LogP contribution in [-0.4, -0.2) is 30.7 Å². The number of carbonyl (C=O) groups is 1. The van der Waals surface area contributed by atoms with Gasteiger partial charge in [0.1, 0.15) is 12.3 Å². The first-order valence-corrected chi connectivity index (χ1v) is 12.1. The third-order valence-corrected chi connectivity index (χ3v) is 6.27. The van der Waals surface area contributed by atoms with Crippen molar-refractivity contribution in [1.82, 2.24) is 18.9 Å². The fourth-order valence-electron chi connectivity index (χ4n) is 3.49. The van der Waals surface area contributed by atoms with Crippen molar-refractivity contribution in [2.45, 2.75) is 45.5 Å². The highest BCUT2D eigenvalue weighted by atomic mass is 32.2. The number of benzene rings is 1. The van der Waals surface area contributed by atoms with Crippen molar-refractivity contribution in [2.75, 3.05) is 5.75 Å². The second-order valence-electron chi connectivity index (χ2n) is 8.52. The number of hydrogen-bond donors (Lipinski definition) is 0. The van der Waals surface area contributed by atoms with Gasteiger partial charge >= 0.3 is 5.97 Å². The molecule has 0 saturated carbocycles. The minimum atomic E-state index is -0.478. The van der Waals surface area contributed by atoms with Crippen LogP contribution in [0.25, 0.3) is 16.6 Å². The topological polar surface area (TPSA) is 95.6 Å². The van der Waals surface area contributed by atoms with E-state index in [1.54, 1.807) is 29.0 Å². The van der Waals surface area contributed by atoms with Gasteiger partial charge in [-0.25, -0.2) is 9.97 Å². The number of hydrogen-bond acceptors (Lipinski definition) is 7. The van der Waals surface area contributed by atoms with Gasteiger partial charge in [0.05, 0.1) is 22.3 Å². The summed E-state index contributed by atoms with van der Waals surface area (Å²) in [4.78, 5) is 46.8. The number of pyridine rings is 1. The summed E-state index contributed by atoms with van der Waals surface area (Å²) in [6.07, 6.45) is 2.53. The lowest BCUT2D eigenvalue weighted by molar-refractivity contribution is -0.141. The van der Waals surface area contributed by atoms with Gasteiger partial charge in [0.2, 0.25) is 0 Å². The molecule has 0 aliphatic carbocycles. The van der Waals surface area contributed by atoms with Crippen LogP contribution in [0.2, 0.25) is 0 Å². The van der Waals surface area contributed by atoms with E-state index in [2.05, 4.69) is 23.8 Å². The molecule has 3 heterocycles. The van der Waals surface area contributed by atoms with Crippen molar-refractivity contribution >= 4 is 34.3 Å². The summed E-state index contributed by atoms with van der Waals surface area (Å²) < 4.78 is 8.44. The number of ether oxygens (including phenoxy) is 1. The number of fused-ring (bicyclic) bond motifs is 2. The molecule has 0 aliphatic rings. The average Bonchev–Trinajstić information content (AvgIpc) is 2.81. The Bertz CT molecular complexity index is 1480. The molecule has 0 aliphatic heterocycles. The zero-order valence-electron chi connectivity index (χ0n) is 19.4. The third kappa shape index (κ3) is 5.36. The molecule has 0 spiro atoms. The maximum Gasteiger partial charge on any atom is 0.316 e. The van der Waals surface area contributed by atoms with Gasteiger partial charge in [-0.3, -0.25) is 23.4 Å². The molecule has 8 nitrogen and oxygen atoms in total. The predicted octanol–water partition coefficient (Wildman–Crippen LogP) is 3.59. The molecule has 4 rings (SSSR count). The molecule has 0 atom stereocenters. The monoisotopic (exact) mass is 478 g/mol. The van der Waals surface area contributed by atoms with Gasteiger partial charge in [0, 0.05) is 18.8 Å². The number of esters is 1. The minimum absolute atomic E-state index is 0.0157. The first kappa shape index (κ1) is 23.7. The summed E-state index contributed by atoms with van der Waals surface area (Å²) in [7, 11) is 0. The number of rotatable bonds is 8. The number of thioether (sulfide) groups is 1. The standard InChI is InChI=1S/C25H26N4O4S/c1-16(2)10-11-28-24(32)19-6-4-5-7-20(19)27-25(28)34-15-23(31)33-14-18-12-22(30)29-13-17(3)8-9-21(29)26-18/h4-9,12-13,16H,10-11,14-15H2,1-3H3. The van der Waals surface area contributed by atoms with Gasteiger partial charge in [-0.05, 0) is 43.0 Å². The van der Waals surface area contributed by atoms with Crippen LogP contribution < -0.4 is 11.1 Å². The van der Waals surface area contributed by atoms with E-state index >= 15 is 0 Å². The van der Waals surface area contributed by atoms with Crippen LogP contribution in [0.15, 0.2) is 63.4 Å². The highest BCUT2D eigenvalue weighted by molar-refractivity contribution is 7.99. The Kier molecular flexibility index (Phi) is 7.12. The van der Waals surface area contributed by atoms with Gasteiger partial charge in [0.25, 0.3) is 11.1 Å². The summed E-state index contributed by atoms with van der Waals surface area (Å²) in [5, 5.41) is 1.04. The number of aryl methyl sites for hydroxylation is 1. The van der Waals surface area contributed by atoms with Crippen LogP contribution in [0.3, 0.4) is 0 Å². The summed E-state index contributed by atoms with van der Waals surface area (Å²) >= 11 is 1.17. The molecule has 1 aromatic carbocycles. The van der Waals surface area contributed by atoms with Gasteiger partial charge < -0.3 is 4.74 Å². The summed E-state index contributed by atoms with van der Waals surface area (Å²) in [5.41, 5.74) is 2.07. The fraction of sp³-hybridized carbons (Fsp3) is 0.320. The molecule has 3 aromatic heterocycles. The van der Waals surface area contributed by atoms with Crippen LogP contribution in [0.4, 0.5) is 0 Å². The number of aromatic nitrogens is 4. The normalized spacial score (nSPS) is 11.4. The smallest absolute Gasteiger partial charge is 0.316 e. The Hall–Kier alpha value is -3.46. The first-order valence-electron chi connectivity index (χ1n) is 11.1. The molecule has 0 saturated heterocycles. The minimum Gasteiger partial charge on any atom is -0.459 e. The molecular weight excluding hydrogens is 452 g/mol. The van der Waals surface area contributed by atoms with Crippen LogP contribution in [0.1, 0.15) is 31.5 Å². The van der Waals surface area contributed by atoms with Crippen LogP contribution in [-0.2, 0) is 22.7 Å². The number of carbonyl (C=O) groups excluding carboxylic acids is 1. The van der Waals surface area contributed by atoms with E-state index in [1.807, 2.05) is 25.1 Å². The number of para-hydroxylation sites is 1. The second-order valence-corrected chi connectivity index (χ2v) is 9.46. The summed E-state index contributed by atoms with van der Waals surface area (Å²) in [6, 6.07) is 12.2. The van der Waals surface area contributed by atoms with E-state index in [4.69, 9.17) is 4.74 Å². The van der Waals surface area contributed by atoms with E-state index in [0.717, 1.165) is 12.0 Å². The van der Waals surface area contributed by atoms with E-state index < -0.39 is 5.97 Å². The maximum atomic E-state index is 13.0. The molecule has 0 radical (unpaired) electrons. The molecule has 34 heavy (non-hydrogen) atoms. The van der Waals surface area contributed by atoms with Crippen molar-refractivity contribution in [3.63, 3.8) is 0 Å². The largest absolute Gasteiger partial charge is 0.459 e. The molecule has 4 aromatic rings. The average molecular weight is 479 g/mol. The van der Waals surface area contributed by atoms with Crippen LogP contribution in [0.5, 0.6) is 0 Å². The molecule has 0 unspecified atom stereocenters. The SMILES string of the molecule is Cc1ccc2nc(COC(=O)CSc3nc4ccccc4c(=O)n3CCC(C)C)cc(=O)n2c1. The van der Waals surface area contributed by atoms with Gasteiger partial charge in [-0.15, -0.1) is 0 Å². The van der Waals surface area contributed by atoms with Gasteiger partial charge in [-0.2, -0.15) is 0 Å².